The molecular weight excluding hydrogens is 240 g/mol. The molecule has 1 aromatic heterocycles. The monoisotopic (exact) mass is 256 g/mol. The highest BCUT2D eigenvalue weighted by Crippen LogP contribution is 2.22. The van der Waals surface area contributed by atoms with Gasteiger partial charge in [-0.25, -0.2) is 4.79 Å². The molecule has 2 aromatic rings. The lowest BCUT2D eigenvalue weighted by molar-refractivity contribution is 0.255. The van der Waals surface area contributed by atoms with Crippen LogP contribution >= 0.6 is 0 Å². The molecule has 3 N–H and O–H groups in total. The van der Waals surface area contributed by atoms with Crippen molar-refractivity contribution < 1.29 is 4.79 Å². The van der Waals surface area contributed by atoms with Crippen LogP contribution in [0.3, 0.4) is 0 Å². The van der Waals surface area contributed by atoms with Crippen LogP contribution in [0.1, 0.15) is 25.7 Å². The number of allylic oxidation sites excluding steroid dienone is 1. The zero-order valence-corrected chi connectivity index (χ0v) is 10.6. The zero-order chi connectivity index (χ0) is 13.1. The third-order valence-corrected chi connectivity index (χ3v) is 3.35. The molecule has 1 saturated carbocycles. The third-order valence-electron chi connectivity index (χ3n) is 3.35. The van der Waals surface area contributed by atoms with Gasteiger partial charge in [0.05, 0.1) is 11.7 Å². The predicted molar refractivity (Wildman–Crippen MR) is 74.8 cm³/mol. The van der Waals surface area contributed by atoms with Crippen LogP contribution < -0.4 is 10.6 Å². The Balaban J connectivity index is 1.63. The number of carbonyl (C=O) groups excluding carboxylic acids is 1. The van der Waals surface area contributed by atoms with Crippen molar-refractivity contribution in [2.75, 3.05) is 5.32 Å². The second-order valence-electron chi connectivity index (χ2n) is 4.78. The molecule has 0 aliphatic heterocycles. The van der Waals surface area contributed by atoms with Crippen LogP contribution in [0.5, 0.6) is 0 Å². The summed E-state index contributed by atoms with van der Waals surface area (Å²) in [5, 5.41) is 13.4. The number of nitrogens with zero attached hydrogens (tertiary/aromatic N) is 1. The van der Waals surface area contributed by atoms with Crippen LogP contribution in [0.25, 0.3) is 10.9 Å². The molecule has 0 unspecified atom stereocenters. The van der Waals surface area contributed by atoms with Gasteiger partial charge >= 0.3 is 6.03 Å². The molecule has 1 heterocycles. The Labute approximate surface area is 111 Å². The fraction of sp³-hybridized carbons (Fsp3) is 0.286. The largest absolute Gasteiger partial charge is 0.323 e. The smallest absolute Gasteiger partial charge is 0.314 e. The molecule has 2 amide bonds. The lowest BCUT2D eigenvalue weighted by Gasteiger charge is -2.05. The number of aromatic nitrogens is 2. The number of urea groups is 1. The third kappa shape index (κ3) is 2.76. The van der Waals surface area contributed by atoms with E-state index in [9.17, 15) is 4.79 Å². The summed E-state index contributed by atoms with van der Waals surface area (Å²) in [7, 11) is 0. The lowest BCUT2D eigenvalue weighted by Crippen LogP contribution is -2.24. The van der Waals surface area contributed by atoms with Crippen molar-refractivity contribution >= 4 is 22.6 Å². The van der Waals surface area contributed by atoms with Crippen molar-refractivity contribution in [2.45, 2.75) is 25.7 Å². The number of H-pyrrole nitrogens is 1. The normalized spacial score (nSPS) is 14.6. The number of aromatic amines is 1. The Morgan fingerprint density at radius 1 is 1.32 bits per heavy atom. The Morgan fingerprint density at radius 3 is 3.00 bits per heavy atom. The Hall–Kier alpha value is -2.30. The van der Waals surface area contributed by atoms with E-state index in [1.807, 2.05) is 24.4 Å². The highest BCUT2D eigenvalue weighted by atomic mass is 16.2. The fourth-order valence-electron chi connectivity index (χ4n) is 2.32. The molecule has 5 nitrogen and oxygen atoms in total. The molecule has 5 heteroatoms. The minimum atomic E-state index is -0.210. The average molecular weight is 256 g/mol. The Bertz CT molecular complexity index is 621. The highest BCUT2D eigenvalue weighted by Gasteiger charge is 2.07. The van der Waals surface area contributed by atoms with Gasteiger partial charge in [-0.05, 0) is 43.9 Å². The van der Waals surface area contributed by atoms with Gasteiger partial charge in [-0.2, -0.15) is 5.10 Å². The number of rotatable bonds is 2. The number of hydrogen-bond acceptors (Lipinski definition) is 2. The van der Waals surface area contributed by atoms with E-state index in [4.69, 9.17) is 0 Å². The molecule has 0 atom stereocenters. The van der Waals surface area contributed by atoms with Gasteiger partial charge in [0, 0.05) is 17.3 Å². The van der Waals surface area contributed by atoms with Gasteiger partial charge in [0.1, 0.15) is 0 Å². The van der Waals surface area contributed by atoms with Gasteiger partial charge in [-0.3, -0.25) is 5.10 Å². The summed E-state index contributed by atoms with van der Waals surface area (Å²) >= 11 is 0. The maximum Gasteiger partial charge on any atom is 0.323 e. The van der Waals surface area contributed by atoms with E-state index in [0.29, 0.717) is 0 Å². The van der Waals surface area contributed by atoms with Gasteiger partial charge < -0.3 is 10.6 Å². The van der Waals surface area contributed by atoms with E-state index < -0.39 is 0 Å². The Morgan fingerprint density at radius 2 is 2.16 bits per heavy atom. The van der Waals surface area contributed by atoms with E-state index in [2.05, 4.69) is 20.8 Å². The van der Waals surface area contributed by atoms with Crippen LogP contribution in [-0.4, -0.2) is 16.2 Å². The van der Waals surface area contributed by atoms with Crippen molar-refractivity contribution in [1.29, 1.82) is 0 Å². The number of carbonyl (C=O) groups is 1. The van der Waals surface area contributed by atoms with E-state index in [1.54, 1.807) is 6.20 Å². The molecule has 3 rings (SSSR count). The maximum atomic E-state index is 11.8. The maximum absolute atomic E-state index is 11.8. The highest BCUT2D eigenvalue weighted by molar-refractivity contribution is 5.92. The first kappa shape index (κ1) is 11.8. The number of anilines is 1. The molecule has 0 saturated heterocycles. The van der Waals surface area contributed by atoms with Gasteiger partial charge in [-0.15, -0.1) is 0 Å². The second kappa shape index (κ2) is 5.14. The number of nitrogens with one attached hydrogen (secondary N) is 3. The molecule has 0 spiro atoms. The van der Waals surface area contributed by atoms with Crippen molar-refractivity contribution in [3.8, 4) is 0 Å². The molecule has 1 aromatic carbocycles. The van der Waals surface area contributed by atoms with Crippen LogP contribution in [-0.2, 0) is 0 Å². The summed E-state index contributed by atoms with van der Waals surface area (Å²) in [5.74, 6) is 0. The minimum absolute atomic E-state index is 0.210. The van der Waals surface area contributed by atoms with Crippen molar-refractivity contribution in [2.24, 2.45) is 0 Å². The molecule has 1 aliphatic rings. The molecular formula is C14H16N4O. The van der Waals surface area contributed by atoms with E-state index in [-0.39, 0.29) is 6.03 Å². The predicted octanol–water partition coefficient (Wildman–Crippen LogP) is 3.14. The summed E-state index contributed by atoms with van der Waals surface area (Å²) in [4.78, 5) is 11.8. The SMILES string of the molecule is O=C(NC=C1CCCC1)Nc1ccc2cn[nH]c2c1. The minimum Gasteiger partial charge on any atom is -0.314 e. The van der Waals surface area contributed by atoms with Gasteiger partial charge in [0.2, 0.25) is 0 Å². The van der Waals surface area contributed by atoms with Gasteiger partial charge in [-0.1, -0.05) is 5.57 Å². The summed E-state index contributed by atoms with van der Waals surface area (Å²) in [5.41, 5.74) is 2.98. The summed E-state index contributed by atoms with van der Waals surface area (Å²) in [6.07, 6.45) is 8.23. The molecule has 0 radical (unpaired) electrons. The first-order chi connectivity index (χ1) is 9.31. The number of fused-ring (bicyclic) bond motifs is 1. The second-order valence-corrected chi connectivity index (χ2v) is 4.78. The van der Waals surface area contributed by atoms with E-state index in [0.717, 1.165) is 29.4 Å². The van der Waals surface area contributed by atoms with Crippen LogP contribution in [0, 0.1) is 0 Å². The quantitative estimate of drug-likeness (QED) is 0.772. The molecule has 1 aliphatic carbocycles. The van der Waals surface area contributed by atoms with Gasteiger partial charge in [0.15, 0.2) is 0 Å². The van der Waals surface area contributed by atoms with Crippen molar-refractivity contribution in [3.05, 3.63) is 36.2 Å². The number of hydrogen-bond donors (Lipinski definition) is 3. The fourth-order valence-corrected chi connectivity index (χ4v) is 2.32. The first-order valence-electron chi connectivity index (χ1n) is 6.50. The van der Waals surface area contributed by atoms with Crippen LogP contribution in [0.4, 0.5) is 10.5 Å². The number of benzene rings is 1. The zero-order valence-electron chi connectivity index (χ0n) is 10.6. The summed E-state index contributed by atoms with van der Waals surface area (Å²) < 4.78 is 0. The lowest BCUT2D eigenvalue weighted by atomic mass is 10.2. The summed E-state index contributed by atoms with van der Waals surface area (Å²) in [6.45, 7) is 0. The van der Waals surface area contributed by atoms with E-state index in [1.165, 1.54) is 18.4 Å². The molecule has 1 fully saturated rings. The van der Waals surface area contributed by atoms with Gasteiger partial charge in [0.25, 0.3) is 0 Å². The van der Waals surface area contributed by atoms with E-state index >= 15 is 0 Å². The Kier molecular flexibility index (Phi) is 3.18. The summed E-state index contributed by atoms with van der Waals surface area (Å²) in [6, 6.07) is 5.44. The van der Waals surface area contributed by atoms with Crippen LogP contribution in [0.2, 0.25) is 0 Å². The molecule has 0 bridgehead atoms. The van der Waals surface area contributed by atoms with Crippen LogP contribution in [0.15, 0.2) is 36.2 Å². The molecule has 98 valence electrons. The topological polar surface area (TPSA) is 69.8 Å². The first-order valence-corrected chi connectivity index (χ1v) is 6.50. The number of amides is 2. The molecule has 19 heavy (non-hydrogen) atoms. The van der Waals surface area contributed by atoms with Crippen molar-refractivity contribution in [1.82, 2.24) is 15.5 Å². The standard InChI is InChI=1S/C14H16N4O/c19-14(15-8-10-3-1-2-4-10)17-12-6-5-11-9-16-18-13(11)7-12/h5-9H,1-4H2,(H,16,18)(H2,15,17,19). The average Bonchev–Trinajstić information content (AvgIpc) is 3.07. The van der Waals surface area contributed by atoms with Crippen molar-refractivity contribution in [3.63, 3.8) is 0 Å².